The van der Waals surface area contributed by atoms with Gasteiger partial charge in [-0.1, -0.05) is 45.5 Å². The van der Waals surface area contributed by atoms with Gasteiger partial charge in [0.1, 0.15) is 19.0 Å². The number of carbonyl (C=O) groups is 2. The molecule has 1 amide bonds. The Balaban J connectivity index is 1.54. The van der Waals surface area contributed by atoms with Crippen LogP contribution in [0.5, 0.6) is 11.5 Å². The molecule has 180 valence electrons. The van der Waals surface area contributed by atoms with E-state index in [0.717, 1.165) is 20.3 Å². The van der Waals surface area contributed by atoms with Crippen molar-refractivity contribution in [2.75, 3.05) is 18.1 Å². The van der Waals surface area contributed by atoms with Crippen LogP contribution in [0.15, 0.2) is 70.7 Å². The average Bonchev–Trinajstić information content (AvgIpc) is 3.41. The highest BCUT2D eigenvalue weighted by atomic mass is 79.9. The van der Waals surface area contributed by atoms with Crippen LogP contribution in [0.4, 0.5) is 5.13 Å². The molecule has 6 rings (SSSR count). The lowest BCUT2D eigenvalue weighted by Gasteiger charge is -2.23. The Kier molecular flexibility index (Phi) is 5.54. The number of aryl methyl sites for hydroxylation is 1. The Morgan fingerprint density at radius 2 is 1.86 bits per heavy atom. The summed E-state index contributed by atoms with van der Waals surface area (Å²) in [5.74, 6) is -0.765. The summed E-state index contributed by atoms with van der Waals surface area (Å²) in [4.78, 5) is 32.9. The SMILES string of the molecule is Cc1ccc2nc(N3C(=O)C(=O)C(=C(O)c4ccc5c(c4)OCCO5)[C@H]3c3cccc(Br)c3)sc2c1. The van der Waals surface area contributed by atoms with Gasteiger partial charge in [0.15, 0.2) is 16.6 Å². The molecule has 0 spiro atoms. The molecule has 3 aromatic carbocycles. The van der Waals surface area contributed by atoms with Crippen LogP contribution in [0.1, 0.15) is 22.7 Å². The zero-order chi connectivity index (χ0) is 25.0. The molecule has 9 heteroatoms. The second-order valence-corrected chi connectivity index (χ2v) is 10.5. The van der Waals surface area contributed by atoms with Crippen molar-refractivity contribution < 1.29 is 24.2 Å². The van der Waals surface area contributed by atoms with E-state index in [4.69, 9.17) is 9.47 Å². The second-order valence-electron chi connectivity index (χ2n) is 8.55. The van der Waals surface area contributed by atoms with Crippen molar-refractivity contribution in [1.82, 2.24) is 4.98 Å². The number of hydrogen-bond acceptors (Lipinski definition) is 7. The topological polar surface area (TPSA) is 89.0 Å². The smallest absolute Gasteiger partial charge is 0.301 e. The molecule has 2 aliphatic rings. The summed E-state index contributed by atoms with van der Waals surface area (Å²) in [6.45, 7) is 2.81. The first-order chi connectivity index (χ1) is 17.4. The zero-order valence-corrected chi connectivity index (χ0v) is 21.4. The number of halogens is 1. The largest absolute Gasteiger partial charge is 0.507 e. The van der Waals surface area contributed by atoms with Crippen molar-refractivity contribution in [1.29, 1.82) is 0 Å². The highest BCUT2D eigenvalue weighted by molar-refractivity contribution is 9.10. The quantitative estimate of drug-likeness (QED) is 0.194. The monoisotopic (exact) mass is 562 g/mol. The summed E-state index contributed by atoms with van der Waals surface area (Å²) in [6.07, 6.45) is 0. The fourth-order valence-corrected chi connectivity index (χ4v) is 6.00. The minimum atomic E-state index is -0.864. The van der Waals surface area contributed by atoms with Crippen LogP contribution >= 0.6 is 27.3 Å². The molecule has 0 saturated carbocycles. The maximum absolute atomic E-state index is 13.4. The molecule has 4 aromatic rings. The predicted octanol–water partition coefficient (Wildman–Crippen LogP) is 5.76. The third kappa shape index (κ3) is 3.75. The molecule has 36 heavy (non-hydrogen) atoms. The maximum Gasteiger partial charge on any atom is 0.301 e. The van der Waals surface area contributed by atoms with E-state index in [1.807, 2.05) is 49.4 Å². The van der Waals surface area contributed by atoms with E-state index in [9.17, 15) is 14.7 Å². The van der Waals surface area contributed by atoms with Crippen molar-refractivity contribution in [3.63, 3.8) is 0 Å². The molecule has 2 aliphatic heterocycles. The molecule has 1 aromatic heterocycles. The fraction of sp³-hybridized carbons (Fsp3) is 0.148. The molecular weight excluding hydrogens is 544 g/mol. The lowest BCUT2D eigenvalue weighted by Crippen LogP contribution is -2.29. The third-order valence-corrected chi connectivity index (χ3v) is 7.67. The number of aliphatic hydroxyl groups is 1. The fourth-order valence-electron chi connectivity index (χ4n) is 4.49. The van der Waals surface area contributed by atoms with Crippen LogP contribution in [-0.2, 0) is 9.59 Å². The van der Waals surface area contributed by atoms with Gasteiger partial charge >= 0.3 is 5.91 Å². The molecule has 0 bridgehead atoms. The van der Waals surface area contributed by atoms with Gasteiger partial charge in [0.2, 0.25) is 0 Å². The number of aliphatic hydroxyl groups excluding tert-OH is 1. The molecule has 3 heterocycles. The van der Waals surface area contributed by atoms with Gasteiger partial charge in [-0.25, -0.2) is 4.98 Å². The highest BCUT2D eigenvalue weighted by Gasteiger charge is 2.48. The molecule has 0 aliphatic carbocycles. The number of ketones is 1. The number of anilines is 1. The predicted molar refractivity (Wildman–Crippen MR) is 141 cm³/mol. The summed E-state index contributed by atoms with van der Waals surface area (Å²) in [5.41, 5.74) is 2.82. The molecule has 1 saturated heterocycles. The summed E-state index contributed by atoms with van der Waals surface area (Å²) >= 11 is 4.82. The van der Waals surface area contributed by atoms with Crippen LogP contribution in [0, 0.1) is 6.92 Å². The number of rotatable bonds is 3. The van der Waals surface area contributed by atoms with Crippen molar-refractivity contribution in [2.45, 2.75) is 13.0 Å². The summed E-state index contributed by atoms with van der Waals surface area (Å²) in [6, 6.07) is 17.3. The molecule has 1 fully saturated rings. The van der Waals surface area contributed by atoms with Crippen LogP contribution in [-0.4, -0.2) is 35.0 Å². The first-order valence-corrected chi connectivity index (χ1v) is 12.9. The Morgan fingerprint density at radius 1 is 1.06 bits per heavy atom. The van der Waals surface area contributed by atoms with Gasteiger partial charge in [-0.15, -0.1) is 0 Å². The number of carbonyl (C=O) groups excluding carboxylic acids is 2. The van der Waals surface area contributed by atoms with Crippen LogP contribution < -0.4 is 14.4 Å². The number of amides is 1. The van der Waals surface area contributed by atoms with Gasteiger partial charge in [0, 0.05) is 10.0 Å². The van der Waals surface area contributed by atoms with E-state index < -0.39 is 17.7 Å². The Hall–Kier alpha value is -3.69. The van der Waals surface area contributed by atoms with Crippen molar-refractivity contribution in [3.8, 4) is 11.5 Å². The van der Waals surface area contributed by atoms with E-state index in [2.05, 4.69) is 20.9 Å². The minimum absolute atomic E-state index is 0.00906. The first kappa shape index (κ1) is 22.8. The van der Waals surface area contributed by atoms with Gasteiger partial charge in [-0.2, -0.15) is 0 Å². The Labute approximate surface area is 218 Å². The van der Waals surface area contributed by atoms with E-state index in [-0.39, 0.29) is 11.3 Å². The zero-order valence-electron chi connectivity index (χ0n) is 19.0. The standard InChI is InChI=1S/C27H19BrN2O5S/c1-14-5-7-18-21(11-14)36-27(29-18)30-23(15-3-2-4-17(28)12-15)22(25(32)26(30)33)24(31)16-6-8-19-20(13-16)35-10-9-34-19/h2-8,11-13,23,31H,9-10H2,1H3/t23-/m1/s1. The number of nitrogens with zero attached hydrogens (tertiary/aromatic N) is 2. The highest BCUT2D eigenvalue weighted by Crippen LogP contribution is 2.45. The van der Waals surface area contributed by atoms with Crippen molar-refractivity contribution in [3.05, 3.63) is 87.4 Å². The maximum atomic E-state index is 13.4. The van der Waals surface area contributed by atoms with E-state index in [1.54, 1.807) is 18.2 Å². The molecular formula is C27H19BrN2O5S. The van der Waals surface area contributed by atoms with Crippen molar-refractivity contribution >= 4 is 60.1 Å². The van der Waals surface area contributed by atoms with Crippen LogP contribution in [0.2, 0.25) is 0 Å². The number of fused-ring (bicyclic) bond motifs is 2. The number of ether oxygens (including phenoxy) is 2. The van der Waals surface area contributed by atoms with E-state index >= 15 is 0 Å². The van der Waals surface area contributed by atoms with Gasteiger partial charge < -0.3 is 14.6 Å². The summed E-state index contributed by atoms with van der Waals surface area (Å²) in [5, 5.41) is 11.8. The molecule has 0 unspecified atom stereocenters. The molecule has 1 N–H and O–H groups in total. The molecule has 0 radical (unpaired) electrons. The number of thiazole rings is 1. The third-order valence-electron chi connectivity index (χ3n) is 6.16. The normalized spacial score (nSPS) is 18.7. The minimum Gasteiger partial charge on any atom is -0.507 e. The summed E-state index contributed by atoms with van der Waals surface area (Å²) in [7, 11) is 0. The second kappa shape index (κ2) is 8.76. The van der Waals surface area contributed by atoms with Gasteiger partial charge in [0.25, 0.3) is 5.78 Å². The molecule has 1 atom stereocenters. The van der Waals surface area contributed by atoms with E-state index in [0.29, 0.717) is 41.0 Å². The molecule has 7 nitrogen and oxygen atoms in total. The summed E-state index contributed by atoms with van der Waals surface area (Å²) < 4.78 is 12.9. The first-order valence-electron chi connectivity index (χ1n) is 11.2. The van der Waals surface area contributed by atoms with Crippen molar-refractivity contribution in [2.24, 2.45) is 0 Å². The number of benzene rings is 3. The van der Waals surface area contributed by atoms with Gasteiger partial charge in [-0.3, -0.25) is 14.5 Å². The van der Waals surface area contributed by atoms with Crippen LogP contribution in [0.3, 0.4) is 0 Å². The average molecular weight is 563 g/mol. The number of aromatic nitrogens is 1. The van der Waals surface area contributed by atoms with Crippen LogP contribution in [0.25, 0.3) is 16.0 Å². The Morgan fingerprint density at radius 3 is 2.67 bits per heavy atom. The number of hydrogen-bond donors (Lipinski definition) is 1. The lowest BCUT2D eigenvalue weighted by molar-refractivity contribution is -0.132. The van der Waals surface area contributed by atoms with Gasteiger partial charge in [-0.05, 0) is 60.5 Å². The Bertz CT molecular complexity index is 1590. The van der Waals surface area contributed by atoms with Gasteiger partial charge in [0.05, 0.1) is 21.8 Å². The lowest BCUT2D eigenvalue weighted by atomic mass is 9.95. The van der Waals surface area contributed by atoms with E-state index in [1.165, 1.54) is 16.2 Å². The number of Topliss-reactive ketones (excluding diaryl/α,β-unsaturated/α-hetero) is 1.